The lowest BCUT2D eigenvalue weighted by atomic mass is 10.1. The summed E-state index contributed by atoms with van der Waals surface area (Å²) in [5.74, 6) is 1.35. The maximum Gasteiger partial charge on any atom is 0.232 e. The fourth-order valence-electron chi connectivity index (χ4n) is 3.34. The van der Waals surface area contributed by atoms with Gasteiger partial charge < -0.3 is 14.2 Å². The standard InChI is InChI=1S/C22H22FN3O3/c1-2-11-28-19-9-5-16(6-10-19)21-24-22(29-25-21)17-12-20(27)26(14-17)13-15-3-7-18(23)8-4-15/h3-10,17H,2,11-14H2,1H3. The van der Waals surface area contributed by atoms with Gasteiger partial charge in [0, 0.05) is 25.1 Å². The molecule has 1 aliphatic heterocycles. The van der Waals surface area contributed by atoms with Gasteiger partial charge in [-0.25, -0.2) is 4.39 Å². The molecule has 1 atom stereocenters. The van der Waals surface area contributed by atoms with Crippen LogP contribution in [0.1, 0.15) is 37.1 Å². The van der Waals surface area contributed by atoms with E-state index in [9.17, 15) is 9.18 Å². The van der Waals surface area contributed by atoms with Crippen LogP contribution in [0.2, 0.25) is 0 Å². The molecule has 3 aromatic rings. The van der Waals surface area contributed by atoms with Crippen molar-refractivity contribution in [3.8, 4) is 17.1 Å². The molecular formula is C22H22FN3O3. The molecule has 4 rings (SSSR count). The van der Waals surface area contributed by atoms with E-state index in [0.29, 0.717) is 37.8 Å². The number of carbonyl (C=O) groups excluding carboxylic acids is 1. The topological polar surface area (TPSA) is 68.5 Å². The van der Waals surface area contributed by atoms with Crippen molar-refractivity contribution in [2.75, 3.05) is 13.2 Å². The van der Waals surface area contributed by atoms with Crippen molar-refractivity contribution in [3.05, 3.63) is 65.8 Å². The number of nitrogens with zero attached hydrogens (tertiary/aromatic N) is 3. The normalized spacial score (nSPS) is 16.4. The molecule has 1 unspecified atom stereocenters. The zero-order chi connectivity index (χ0) is 20.2. The van der Waals surface area contributed by atoms with Gasteiger partial charge in [0.25, 0.3) is 0 Å². The molecule has 2 heterocycles. The highest BCUT2D eigenvalue weighted by molar-refractivity contribution is 5.79. The zero-order valence-corrected chi connectivity index (χ0v) is 16.2. The molecule has 1 aliphatic rings. The van der Waals surface area contributed by atoms with Crippen LogP contribution in [0.15, 0.2) is 53.1 Å². The van der Waals surface area contributed by atoms with Gasteiger partial charge in [-0.3, -0.25) is 4.79 Å². The third-order valence-corrected chi connectivity index (χ3v) is 4.88. The number of likely N-dealkylation sites (tertiary alicyclic amines) is 1. The van der Waals surface area contributed by atoms with Crippen molar-refractivity contribution in [2.24, 2.45) is 0 Å². The van der Waals surface area contributed by atoms with E-state index in [0.717, 1.165) is 23.3 Å². The van der Waals surface area contributed by atoms with E-state index < -0.39 is 0 Å². The molecule has 6 nitrogen and oxygen atoms in total. The van der Waals surface area contributed by atoms with E-state index >= 15 is 0 Å². The average molecular weight is 395 g/mol. The lowest BCUT2D eigenvalue weighted by molar-refractivity contribution is -0.128. The predicted molar refractivity (Wildman–Crippen MR) is 105 cm³/mol. The van der Waals surface area contributed by atoms with Crippen molar-refractivity contribution >= 4 is 5.91 Å². The fraction of sp³-hybridized carbons (Fsp3) is 0.318. The molecule has 0 bridgehead atoms. The number of halogens is 1. The summed E-state index contributed by atoms with van der Waals surface area (Å²) in [5.41, 5.74) is 1.72. The number of rotatable bonds is 7. The third-order valence-electron chi connectivity index (χ3n) is 4.88. The van der Waals surface area contributed by atoms with Crippen LogP contribution in [0.5, 0.6) is 5.75 Å². The Morgan fingerprint density at radius 3 is 2.66 bits per heavy atom. The van der Waals surface area contributed by atoms with Crippen LogP contribution < -0.4 is 4.74 Å². The number of benzene rings is 2. The molecule has 7 heteroatoms. The average Bonchev–Trinajstić information content (AvgIpc) is 3.36. The largest absolute Gasteiger partial charge is 0.494 e. The van der Waals surface area contributed by atoms with Crippen LogP contribution in [0.4, 0.5) is 4.39 Å². The van der Waals surface area contributed by atoms with E-state index in [1.54, 1.807) is 17.0 Å². The first-order valence-corrected chi connectivity index (χ1v) is 9.71. The molecule has 1 fully saturated rings. The van der Waals surface area contributed by atoms with E-state index in [2.05, 4.69) is 17.1 Å². The van der Waals surface area contributed by atoms with Gasteiger partial charge in [-0.15, -0.1) is 0 Å². The van der Waals surface area contributed by atoms with Gasteiger partial charge in [0.15, 0.2) is 0 Å². The van der Waals surface area contributed by atoms with Crippen LogP contribution in [0.25, 0.3) is 11.4 Å². The van der Waals surface area contributed by atoms with Crippen LogP contribution in [0.3, 0.4) is 0 Å². The van der Waals surface area contributed by atoms with Crippen molar-refractivity contribution in [1.29, 1.82) is 0 Å². The Balaban J connectivity index is 1.41. The summed E-state index contributed by atoms with van der Waals surface area (Å²) in [4.78, 5) is 18.6. The van der Waals surface area contributed by atoms with Crippen LogP contribution in [-0.4, -0.2) is 34.1 Å². The zero-order valence-electron chi connectivity index (χ0n) is 16.2. The Morgan fingerprint density at radius 1 is 1.17 bits per heavy atom. The van der Waals surface area contributed by atoms with Crippen molar-refractivity contribution < 1.29 is 18.4 Å². The van der Waals surface area contributed by atoms with Gasteiger partial charge in [0.2, 0.25) is 17.6 Å². The molecular weight excluding hydrogens is 373 g/mol. The first-order valence-electron chi connectivity index (χ1n) is 9.71. The first kappa shape index (κ1) is 19.1. The van der Waals surface area contributed by atoms with Crippen molar-refractivity contribution in [3.63, 3.8) is 0 Å². The Kier molecular flexibility index (Phi) is 5.55. The minimum Gasteiger partial charge on any atom is -0.494 e. The highest BCUT2D eigenvalue weighted by Crippen LogP contribution is 2.30. The summed E-state index contributed by atoms with van der Waals surface area (Å²) in [6.45, 7) is 3.68. The molecule has 0 spiro atoms. The van der Waals surface area contributed by atoms with Gasteiger partial charge >= 0.3 is 0 Å². The second-order valence-electron chi connectivity index (χ2n) is 7.13. The molecule has 150 valence electrons. The molecule has 0 N–H and O–H groups in total. The van der Waals surface area contributed by atoms with Gasteiger partial charge in [-0.2, -0.15) is 4.98 Å². The molecule has 0 saturated carbocycles. The summed E-state index contributed by atoms with van der Waals surface area (Å²) in [7, 11) is 0. The third kappa shape index (κ3) is 4.45. The quantitative estimate of drug-likeness (QED) is 0.600. The maximum absolute atomic E-state index is 13.1. The van der Waals surface area contributed by atoms with Crippen LogP contribution in [0, 0.1) is 5.82 Å². The summed E-state index contributed by atoms with van der Waals surface area (Å²) in [5, 5.41) is 4.07. The molecule has 0 radical (unpaired) electrons. The molecule has 0 aliphatic carbocycles. The Hall–Kier alpha value is -3.22. The SMILES string of the molecule is CCCOc1ccc(-c2noc(C3CC(=O)N(Cc4ccc(F)cc4)C3)n2)cc1. The number of ether oxygens (including phenoxy) is 1. The number of hydrogen-bond donors (Lipinski definition) is 0. The smallest absolute Gasteiger partial charge is 0.232 e. The van der Waals surface area contributed by atoms with Crippen LogP contribution >= 0.6 is 0 Å². The maximum atomic E-state index is 13.1. The number of carbonyl (C=O) groups is 1. The summed E-state index contributed by atoms with van der Waals surface area (Å²) in [6.07, 6.45) is 1.28. The molecule has 1 amide bonds. The molecule has 1 saturated heterocycles. The second-order valence-corrected chi connectivity index (χ2v) is 7.13. The Bertz CT molecular complexity index is 970. The minimum atomic E-state index is -0.289. The monoisotopic (exact) mass is 395 g/mol. The second kappa shape index (κ2) is 8.43. The Labute approximate surface area is 168 Å². The minimum absolute atomic E-state index is 0.0245. The fourth-order valence-corrected chi connectivity index (χ4v) is 3.34. The van der Waals surface area contributed by atoms with Gasteiger partial charge in [-0.1, -0.05) is 24.2 Å². The Morgan fingerprint density at radius 2 is 1.93 bits per heavy atom. The highest BCUT2D eigenvalue weighted by atomic mass is 19.1. The van der Waals surface area contributed by atoms with Gasteiger partial charge in [-0.05, 0) is 48.4 Å². The van der Waals surface area contributed by atoms with E-state index in [-0.39, 0.29) is 17.6 Å². The molecule has 29 heavy (non-hydrogen) atoms. The predicted octanol–water partition coefficient (Wildman–Crippen LogP) is 4.18. The summed E-state index contributed by atoms with van der Waals surface area (Å²) < 4.78 is 24.1. The molecule has 1 aromatic heterocycles. The summed E-state index contributed by atoms with van der Waals surface area (Å²) >= 11 is 0. The number of aromatic nitrogens is 2. The van der Waals surface area contributed by atoms with E-state index in [4.69, 9.17) is 9.26 Å². The van der Waals surface area contributed by atoms with Crippen LogP contribution in [-0.2, 0) is 11.3 Å². The lowest BCUT2D eigenvalue weighted by Crippen LogP contribution is -2.24. The summed E-state index contributed by atoms with van der Waals surface area (Å²) in [6, 6.07) is 13.7. The van der Waals surface area contributed by atoms with E-state index in [1.165, 1.54) is 12.1 Å². The number of hydrogen-bond acceptors (Lipinski definition) is 5. The lowest BCUT2D eigenvalue weighted by Gasteiger charge is -2.15. The molecule has 2 aromatic carbocycles. The van der Waals surface area contributed by atoms with E-state index in [1.807, 2.05) is 24.3 Å². The van der Waals surface area contributed by atoms with Crippen molar-refractivity contribution in [1.82, 2.24) is 15.0 Å². The first-order chi connectivity index (χ1) is 14.1. The number of amides is 1. The van der Waals surface area contributed by atoms with Gasteiger partial charge in [0.05, 0.1) is 12.5 Å². The van der Waals surface area contributed by atoms with Crippen molar-refractivity contribution in [2.45, 2.75) is 32.2 Å². The highest BCUT2D eigenvalue weighted by Gasteiger charge is 2.34. The van der Waals surface area contributed by atoms with Gasteiger partial charge in [0.1, 0.15) is 11.6 Å².